The maximum Gasteiger partial charge on any atom is 0.390 e. The van der Waals surface area contributed by atoms with E-state index in [2.05, 4.69) is 15.6 Å². The number of para-hydroxylation sites is 1. The first-order valence-electron chi connectivity index (χ1n) is 9.83. The number of nitrogens with one attached hydrogen (secondary N) is 2. The molecular weight excluding hydrogens is 404 g/mol. The van der Waals surface area contributed by atoms with Crippen molar-refractivity contribution in [2.24, 2.45) is 4.99 Å². The number of likely N-dealkylation sites (N-methyl/N-ethyl adjacent to an activating group) is 3. The van der Waals surface area contributed by atoms with Gasteiger partial charge in [-0.15, -0.1) is 0 Å². The topological polar surface area (TPSA) is 127 Å². The van der Waals surface area contributed by atoms with E-state index in [0.29, 0.717) is 5.75 Å². The molecule has 0 aliphatic carbocycles. The van der Waals surface area contributed by atoms with Gasteiger partial charge in [-0.2, -0.15) is 0 Å². The molecular formula is C20H27N6O5+. The molecule has 166 valence electrons. The molecule has 0 radical (unpaired) electrons. The lowest BCUT2D eigenvalue weighted by atomic mass is 10.1. The smallest absolute Gasteiger partial charge is 0.390 e. The number of imide groups is 1. The van der Waals surface area contributed by atoms with Gasteiger partial charge in [0, 0.05) is 21.1 Å². The number of carbonyl (C=O) groups is 3. The van der Waals surface area contributed by atoms with Crippen molar-refractivity contribution >= 4 is 29.6 Å². The fourth-order valence-corrected chi connectivity index (χ4v) is 3.36. The molecule has 11 nitrogen and oxygen atoms in total. The molecule has 4 amide bonds. The summed E-state index contributed by atoms with van der Waals surface area (Å²) in [5.74, 6) is 0.367. The summed E-state index contributed by atoms with van der Waals surface area (Å²) in [6.45, 7) is 1.82. The molecule has 1 aromatic carbocycles. The zero-order chi connectivity index (χ0) is 22.7. The molecule has 0 saturated carbocycles. The highest BCUT2D eigenvalue weighted by atomic mass is 16.5. The van der Waals surface area contributed by atoms with Crippen molar-refractivity contribution in [1.29, 1.82) is 0 Å². The van der Waals surface area contributed by atoms with Crippen LogP contribution in [0.25, 0.3) is 0 Å². The van der Waals surface area contributed by atoms with Crippen LogP contribution in [0.2, 0.25) is 0 Å². The lowest BCUT2D eigenvalue weighted by Gasteiger charge is -2.32. The number of ether oxygens (including phenoxy) is 1. The molecule has 3 rings (SSSR count). The van der Waals surface area contributed by atoms with Crippen LogP contribution < -0.4 is 15.4 Å². The maximum atomic E-state index is 12.8. The Morgan fingerprint density at radius 3 is 2.68 bits per heavy atom. The first-order chi connectivity index (χ1) is 14.7. The Labute approximate surface area is 180 Å². The number of hydrogen-bond acceptors (Lipinski definition) is 7. The Hall–Kier alpha value is -3.47. The maximum absolute atomic E-state index is 12.8. The molecule has 11 heteroatoms. The number of rotatable bonds is 7. The van der Waals surface area contributed by atoms with Crippen LogP contribution in [0.5, 0.6) is 5.75 Å². The van der Waals surface area contributed by atoms with Crippen LogP contribution in [0.4, 0.5) is 4.79 Å². The van der Waals surface area contributed by atoms with Gasteiger partial charge in [-0.25, -0.2) is 9.37 Å². The second-order valence-electron chi connectivity index (χ2n) is 7.34. The highest BCUT2D eigenvalue weighted by molar-refractivity contribution is 6.22. The summed E-state index contributed by atoms with van der Waals surface area (Å²) in [6, 6.07) is 6.04. The zero-order valence-corrected chi connectivity index (χ0v) is 18.0. The van der Waals surface area contributed by atoms with E-state index < -0.39 is 24.1 Å². The highest BCUT2D eigenvalue weighted by Crippen LogP contribution is 2.19. The highest BCUT2D eigenvalue weighted by Gasteiger charge is 2.51. The Balaban J connectivity index is 1.80. The number of aliphatic imine (C=N–C) groups is 1. The van der Waals surface area contributed by atoms with E-state index in [1.54, 1.807) is 4.58 Å². The van der Waals surface area contributed by atoms with Crippen molar-refractivity contribution in [3.63, 3.8) is 0 Å². The molecule has 2 atom stereocenters. The van der Waals surface area contributed by atoms with Gasteiger partial charge in [0.15, 0.2) is 0 Å². The van der Waals surface area contributed by atoms with Gasteiger partial charge in [-0.05, 0) is 18.6 Å². The molecule has 2 unspecified atom stereocenters. The van der Waals surface area contributed by atoms with Gasteiger partial charge >= 0.3 is 12.0 Å². The summed E-state index contributed by atoms with van der Waals surface area (Å²) >= 11 is 0. The van der Waals surface area contributed by atoms with Gasteiger partial charge in [0.25, 0.3) is 11.8 Å². The molecule has 0 bridgehead atoms. The number of benzene rings is 1. The Morgan fingerprint density at radius 1 is 1.29 bits per heavy atom. The molecule has 0 aromatic heterocycles. The van der Waals surface area contributed by atoms with Gasteiger partial charge < -0.3 is 15.2 Å². The van der Waals surface area contributed by atoms with Crippen molar-refractivity contribution in [3.05, 3.63) is 29.8 Å². The van der Waals surface area contributed by atoms with Crippen LogP contribution in [0.1, 0.15) is 5.56 Å². The van der Waals surface area contributed by atoms with Gasteiger partial charge in [0.05, 0.1) is 6.54 Å². The number of nitrogens with zero attached hydrogens (tertiary/aromatic N) is 4. The number of aliphatic hydroxyl groups excluding tert-OH is 1. The minimum Gasteiger partial charge on any atom is -0.490 e. The van der Waals surface area contributed by atoms with Crippen LogP contribution >= 0.6 is 0 Å². The first-order valence-corrected chi connectivity index (χ1v) is 9.83. The van der Waals surface area contributed by atoms with Gasteiger partial charge in [0.2, 0.25) is 11.9 Å². The summed E-state index contributed by atoms with van der Waals surface area (Å²) in [6.07, 6.45) is -0.966. The van der Waals surface area contributed by atoms with E-state index in [1.165, 1.54) is 26.0 Å². The molecule has 31 heavy (non-hydrogen) atoms. The average Bonchev–Trinajstić information content (AvgIpc) is 3.12. The quantitative estimate of drug-likeness (QED) is 0.463. The number of amidine groups is 1. The second kappa shape index (κ2) is 9.13. The van der Waals surface area contributed by atoms with Gasteiger partial charge in [0.1, 0.15) is 25.0 Å². The standard InChI is InChI=1S/C20H26N6O5/c1-12-7-5-6-8-14(12)31-11-13(27)10-26-16-17(23-19(26)22-9-15(28)21-2)24(3)20(30)25(4)18(16)29/h5-8,13,16,27H,9-11H2,1-4H3,(H,21,28)/p+1. The van der Waals surface area contributed by atoms with Crippen molar-refractivity contribution in [2.45, 2.75) is 19.1 Å². The first kappa shape index (κ1) is 22.2. The van der Waals surface area contributed by atoms with Crippen LogP contribution in [0.15, 0.2) is 29.3 Å². The second-order valence-corrected chi connectivity index (χ2v) is 7.34. The molecule has 2 aliphatic heterocycles. The van der Waals surface area contributed by atoms with Crippen molar-refractivity contribution in [1.82, 2.24) is 20.4 Å². The van der Waals surface area contributed by atoms with E-state index in [-0.39, 0.29) is 37.4 Å². The van der Waals surface area contributed by atoms with E-state index in [9.17, 15) is 19.5 Å². The summed E-state index contributed by atoms with van der Waals surface area (Å²) in [5.41, 5.74) is 0.935. The number of urea groups is 1. The number of carbonyl (C=O) groups excluding carboxylic acids is 3. The van der Waals surface area contributed by atoms with Gasteiger partial charge in [-0.1, -0.05) is 23.2 Å². The number of guanidine groups is 1. The van der Waals surface area contributed by atoms with E-state index >= 15 is 0 Å². The van der Waals surface area contributed by atoms with E-state index in [4.69, 9.17) is 4.74 Å². The SMILES string of the molecule is CNC(=O)CNC1=[N+](CC(O)COc2ccccc2C)C2C(=O)N(C)C(=O)N(C)C2=N1. The minimum absolute atomic E-state index is 0.00123. The normalized spacial score (nSPS) is 19.3. The third kappa shape index (κ3) is 4.50. The molecule has 2 heterocycles. The third-order valence-electron chi connectivity index (χ3n) is 5.15. The fraction of sp³-hybridized carbons (Fsp3) is 0.450. The summed E-state index contributed by atoms with van der Waals surface area (Å²) in [4.78, 5) is 43.5. The number of β-amino-alcohol motifs (C(OH)–C–C–N with tert-alkyl or cyclic N) is 1. The number of amides is 4. The van der Waals surface area contributed by atoms with Crippen LogP contribution in [-0.2, 0) is 9.59 Å². The van der Waals surface area contributed by atoms with Crippen LogP contribution in [0.3, 0.4) is 0 Å². The van der Waals surface area contributed by atoms with Crippen molar-refractivity contribution in [3.8, 4) is 5.75 Å². The lowest BCUT2D eigenvalue weighted by Crippen LogP contribution is -2.62. The van der Waals surface area contributed by atoms with Crippen molar-refractivity contribution < 1.29 is 28.8 Å². The number of aliphatic hydroxyl groups is 1. The molecule has 2 aliphatic rings. The summed E-state index contributed by atoms with van der Waals surface area (Å²) in [7, 11) is 4.42. The van der Waals surface area contributed by atoms with Crippen LogP contribution in [0, 0.1) is 6.92 Å². The fourth-order valence-electron chi connectivity index (χ4n) is 3.36. The third-order valence-corrected chi connectivity index (χ3v) is 5.15. The van der Waals surface area contributed by atoms with Crippen LogP contribution in [-0.4, -0.2) is 102 Å². The molecule has 3 N–H and O–H groups in total. The number of aryl methyl sites for hydroxylation is 1. The monoisotopic (exact) mass is 431 g/mol. The number of fused-ring (bicyclic) bond motifs is 1. The Kier molecular flexibility index (Phi) is 6.54. The predicted octanol–water partition coefficient (Wildman–Crippen LogP) is -1.26. The Morgan fingerprint density at radius 2 is 2.00 bits per heavy atom. The summed E-state index contributed by atoms with van der Waals surface area (Å²) in [5, 5.41) is 16.0. The Bertz CT molecular complexity index is 959. The summed E-state index contributed by atoms with van der Waals surface area (Å²) < 4.78 is 7.26. The molecule has 0 spiro atoms. The molecule has 1 fully saturated rings. The minimum atomic E-state index is -0.966. The van der Waals surface area contributed by atoms with E-state index in [0.717, 1.165) is 10.5 Å². The lowest BCUT2D eigenvalue weighted by molar-refractivity contribution is -0.545. The van der Waals surface area contributed by atoms with Gasteiger partial charge in [-0.3, -0.25) is 24.7 Å². The largest absolute Gasteiger partial charge is 0.490 e. The predicted molar refractivity (Wildman–Crippen MR) is 112 cm³/mol. The van der Waals surface area contributed by atoms with Crippen molar-refractivity contribution in [2.75, 3.05) is 40.8 Å². The van der Waals surface area contributed by atoms with E-state index in [1.807, 2.05) is 31.2 Å². The zero-order valence-electron chi connectivity index (χ0n) is 18.0. The number of hydrogen-bond donors (Lipinski definition) is 3. The molecule has 1 saturated heterocycles. The average molecular weight is 431 g/mol. The molecule has 1 aromatic rings.